The minimum absolute atomic E-state index is 0.948. The summed E-state index contributed by atoms with van der Waals surface area (Å²) in [4.78, 5) is 7.85. The number of hydrogen-bond donors (Lipinski definition) is 1. The fourth-order valence-electron chi connectivity index (χ4n) is 2.74. The Hall–Kier alpha value is -2.61. The predicted octanol–water partition coefficient (Wildman–Crippen LogP) is 4.69. The van der Waals surface area contributed by atoms with Crippen LogP contribution in [-0.2, 0) is 0 Å². The molecule has 0 fully saturated rings. The maximum absolute atomic E-state index is 4.47. The van der Waals surface area contributed by atoms with Crippen molar-refractivity contribution >= 4 is 21.9 Å². The molecule has 0 spiro atoms. The molecule has 0 amide bonds. The fourth-order valence-corrected chi connectivity index (χ4v) is 2.74. The van der Waals surface area contributed by atoms with Gasteiger partial charge < -0.3 is 4.98 Å². The largest absolute Gasteiger partial charge is 0.339 e. The lowest BCUT2D eigenvalue weighted by atomic mass is 10.0. The molecule has 96 valence electrons. The molecule has 0 unspecified atom stereocenters. The summed E-state index contributed by atoms with van der Waals surface area (Å²) in [7, 11) is 0. The van der Waals surface area contributed by atoms with E-state index in [1.165, 1.54) is 27.5 Å². The minimum atomic E-state index is 0.948. The van der Waals surface area contributed by atoms with Crippen molar-refractivity contribution in [3.63, 3.8) is 0 Å². The molecule has 2 nitrogen and oxygen atoms in total. The van der Waals surface area contributed by atoms with Crippen LogP contribution in [-0.4, -0.2) is 9.97 Å². The standard InChI is InChI=1S/C18H14N2/c1-12-6-8-13(9-7-12)14-10-11-19-18-17(14)15-4-2-3-5-16(15)20-18/h2-11H,1H3,(H,19,20). The Morgan fingerprint density at radius 2 is 1.70 bits per heavy atom. The molecule has 2 aromatic carbocycles. The first-order valence-corrected chi connectivity index (χ1v) is 6.75. The van der Waals surface area contributed by atoms with Crippen LogP contribution in [0.5, 0.6) is 0 Å². The lowest BCUT2D eigenvalue weighted by molar-refractivity contribution is 1.35. The normalized spacial score (nSPS) is 11.2. The lowest BCUT2D eigenvalue weighted by Gasteiger charge is -2.04. The number of fused-ring (bicyclic) bond motifs is 3. The third-order valence-corrected chi connectivity index (χ3v) is 3.76. The summed E-state index contributed by atoms with van der Waals surface area (Å²) in [5, 5.41) is 2.43. The van der Waals surface area contributed by atoms with Crippen LogP contribution >= 0.6 is 0 Å². The van der Waals surface area contributed by atoms with E-state index in [2.05, 4.69) is 65.4 Å². The molecule has 0 aliphatic rings. The number of pyridine rings is 1. The zero-order valence-electron chi connectivity index (χ0n) is 11.2. The Kier molecular flexibility index (Phi) is 2.36. The molecule has 2 heterocycles. The molecular weight excluding hydrogens is 244 g/mol. The highest BCUT2D eigenvalue weighted by molar-refractivity contribution is 6.12. The van der Waals surface area contributed by atoms with Crippen molar-refractivity contribution in [3.05, 3.63) is 66.4 Å². The molecule has 0 aliphatic heterocycles. The van der Waals surface area contributed by atoms with Crippen LogP contribution in [0.2, 0.25) is 0 Å². The average Bonchev–Trinajstić information content (AvgIpc) is 2.86. The summed E-state index contributed by atoms with van der Waals surface area (Å²) in [6.45, 7) is 2.11. The molecule has 1 N–H and O–H groups in total. The third kappa shape index (κ3) is 1.62. The van der Waals surface area contributed by atoms with Crippen molar-refractivity contribution in [1.29, 1.82) is 0 Å². The molecule has 4 aromatic rings. The second-order valence-corrected chi connectivity index (χ2v) is 5.12. The molecule has 0 bridgehead atoms. The lowest BCUT2D eigenvalue weighted by Crippen LogP contribution is -1.82. The topological polar surface area (TPSA) is 28.7 Å². The van der Waals surface area contributed by atoms with Crippen molar-refractivity contribution in [1.82, 2.24) is 9.97 Å². The highest BCUT2D eigenvalue weighted by Gasteiger charge is 2.10. The highest BCUT2D eigenvalue weighted by atomic mass is 14.8. The molecule has 20 heavy (non-hydrogen) atoms. The number of H-pyrrole nitrogens is 1. The fraction of sp³-hybridized carbons (Fsp3) is 0.0556. The van der Waals surface area contributed by atoms with Crippen molar-refractivity contribution in [2.75, 3.05) is 0 Å². The van der Waals surface area contributed by atoms with Crippen LogP contribution in [0.4, 0.5) is 0 Å². The van der Waals surface area contributed by atoms with E-state index < -0.39 is 0 Å². The molecule has 2 aromatic heterocycles. The smallest absolute Gasteiger partial charge is 0.138 e. The minimum Gasteiger partial charge on any atom is -0.339 e. The highest BCUT2D eigenvalue weighted by Crippen LogP contribution is 2.33. The summed E-state index contributed by atoms with van der Waals surface area (Å²) in [6.07, 6.45) is 1.87. The Bertz CT molecular complexity index is 902. The number of aryl methyl sites for hydroxylation is 1. The predicted molar refractivity (Wildman–Crippen MR) is 83.8 cm³/mol. The molecular formula is C18H14N2. The molecule has 2 heteroatoms. The number of benzene rings is 2. The van der Waals surface area contributed by atoms with Crippen LogP contribution in [0, 0.1) is 6.92 Å². The Labute approximate surface area is 117 Å². The van der Waals surface area contributed by atoms with Gasteiger partial charge in [0.1, 0.15) is 5.65 Å². The molecule has 0 radical (unpaired) electrons. The Morgan fingerprint density at radius 1 is 0.900 bits per heavy atom. The van der Waals surface area contributed by atoms with Gasteiger partial charge in [0, 0.05) is 22.5 Å². The maximum atomic E-state index is 4.47. The van der Waals surface area contributed by atoms with Gasteiger partial charge in [-0.25, -0.2) is 4.98 Å². The van der Waals surface area contributed by atoms with Gasteiger partial charge in [0.2, 0.25) is 0 Å². The number of hydrogen-bond acceptors (Lipinski definition) is 1. The summed E-state index contributed by atoms with van der Waals surface area (Å²) >= 11 is 0. The number of nitrogens with one attached hydrogen (secondary N) is 1. The summed E-state index contributed by atoms with van der Waals surface area (Å²) in [5.74, 6) is 0. The monoisotopic (exact) mass is 258 g/mol. The van der Waals surface area contributed by atoms with Crippen LogP contribution in [0.1, 0.15) is 5.56 Å². The van der Waals surface area contributed by atoms with E-state index in [0.717, 1.165) is 11.2 Å². The maximum Gasteiger partial charge on any atom is 0.138 e. The van der Waals surface area contributed by atoms with E-state index in [0.29, 0.717) is 0 Å². The van der Waals surface area contributed by atoms with Gasteiger partial charge in [-0.1, -0.05) is 48.0 Å². The van der Waals surface area contributed by atoms with Crippen molar-refractivity contribution in [2.24, 2.45) is 0 Å². The van der Waals surface area contributed by atoms with E-state index >= 15 is 0 Å². The van der Waals surface area contributed by atoms with E-state index in [-0.39, 0.29) is 0 Å². The number of nitrogens with zero attached hydrogens (tertiary/aromatic N) is 1. The van der Waals surface area contributed by atoms with E-state index in [1.807, 2.05) is 12.3 Å². The van der Waals surface area contributed by atoms with Crippen molar-refractivity contribution in [2.45, 2.75) is 6.92 Å². The molecule has 0 saturated heterocycles. The van der Waals surface area contributed by atoms with Gasteiger partial charge in [-0.3, -0.25) is 0 Å². The van der Waals surface area contributed by atoms with E-state index in [1.54, 1.807) is 0 Å². The zero-order valence-corrected chi connectivity index (χ0v) is 11.2. The van der Waals surface area contributed by atoms with E-state index in [4.69, 9.17) is 0 Å². The SMILES string of the molecule is Cc1ccc(-c2ccnc3[nH]c4ccccc4c23)cc1. The van der Waals surface area contributed by atoms with Gasteiger partial charge in [0.05, 0.1) is 0 Å². The van der Waals surface area contributed by atoms with Crippen LogP contribution in [0.25, 0.3) is 33.1 Å². The summed E-state index contributed by atoms with van der Waals surface area (Å²) in [6, 6.07) is 19.1. The number of para-hydroxylation sites is 1. The molecule has 0 saturated carbocycles. The number of rotatable bonds is 1. The van der Waals surface area contributed by atoms with Crippen molar-refractivity contribution in [3.8, 4) is 11.1 Å². The molecule has 4 rings (SSSR count). The second kappa shape index (κ2) is 4.20. The molecule has 0 aliphatic carbocycles. The van der Waals surface area contributed by atoms with Gasteiger partial charge in [0.15, 0.2) is 0 Å². The Balaban J connectivity index is 2.11. The number of aromatic nitrogens is 2. The van der Waals surface area contributed by atoms with Crippen molar-refractivity contribution < 1.29 is 0 Å². The van der Waals surface area contributed by atoms with Gasteiger partial charge in [-0.15, -0.1) is 0 Å². The summed E-state index contributed by atoms with van der Waals surface area (Å²) in [5.41, 5.74) is 5.82. The van der Waals surface area contributed by atoms with Crippen LogP contribution < -0.4 is 0 Å². The van der Waals surface area contributed by atoms with Crippen LogP contribution in [0.15, 0.2) is 60.8 Å². The van der Waals surface area contributed by atoms with E-state index in [9.17, 15) is 0 Å². The average molecular weight is 258 g/mol. The number of aromatic amines is 1. The van der Waals surface area contributed by atoms with Gasteiger partial charge in [-0.05, 0) is 30.2 Å². The first kappa shape index (κ1) is 11.2. The molecule has 0 atom stereocenters. The first-order chi connectivity index (χ1) is 9.83. The van der Waals surface area contributed by atoms with Gasteiger partial charge in [0.25, 0.3) is 0 Å². The first-order valence-electron chi connectivity index (χ1n) is 6.75. The second-order valence-electron chi connectivity index (χ2n) is 5.12. The van der Waals surface area contributed by atoms with Gasteiger partial charge >= 0.3 is 0 Å². The quantitative estimate of drug-likeness (QED) is 0.527. The third-order valence-electron chi connectivity index (χ3n) is 3.76. The Morgan fingerprint density at radius 3 is 2.55 bits per heavy atom. The van der Waals surface area contributed by atoms with Gasteiger partial charge in [-0.2, -0.15) is 0 Å². The zero-order chi connectivity index (χ0) is 13.5. The van der Waals surface area contributed by atoms with Crippen LogP contribution in [0.3, 0.4) is 0 Å². The summed E-state index contributed by atoms with van der Waals surface area (Å²) < 4.78 is 0.